The van der Waals surface area contributed by atoms with E-state index >= 15 is 0 Å². The van der Waals surface area contributed by atoms with E-state index in [1.54, 1.807) is 6.92 Å². The molecule has 2 N–H and O–H groups in total. The molecule has 3 saturated carbocycles. The molecule has 0 aromatic carbocycles. The normalized spacial score (nSPS) is 49.6. The van der Waals surface area contributed by atoms with Gasteiger partial charge in [0.25, 0.3) is 0 Å². The second kappa shape index (κ2) is 5.17. The fourth-order valence-corrected chi connectivity index (χ4v) is 7.34. The number of hydrogen-bond donors (Lipinski definition) is 2. The van der Waals surface area contributed by atoms with Crippen LogP contribution in [0.2, 0.25) is 0 Å². The first kappa shape index (κ1) is 16.8. The molecule has 0 radical (unpaired) electrons. The van der Waals surface area contributed by atoms with E-state index in [1.165, 1.54) is 12.8 Å². The summed E-state index contributed by atoms with van der Waals surface area (Å²) in [5.74, 6) is 1.25. The van der Waals surface area contributed by atoms with Crippen molar-refractivity contribution >= 4 is 5.78 Å². The van der Waals surface area contributed by atoms with Crippen LogP contribution in [-0.2, 0) is 4.79 Å². The van der Waals surface area contributed by atoms with Crippen LogP contribution in [0.5, 0.6) is 0 Å². The number of rotatable bonds is 1. The zero-order valence-electron chi connectivity index (χ0n) is 15.3. The molecule has 4 aliphatic rings. The van der Waals surface area contributed by atoms with Gasteiger partial charge in [-0.15, -0.1) is 0 Å². The van der Waals surface area contributed by atoms with Gasteiger partial charge in [0.1, 0.15) is 0 Å². The Morgan fingerprint density at radius 1 is 1.08 bits per heavy atom. The van der Waals surface area contributed by atoms with Crippen LogP contribution in [0.4, 0.5) is 0 Å². The minimum atomic E-state index is -1.45. The van der Waals surface area contributed by atoms with E-state index in [9.17, 15) is 15.0 Å². The second-order valence-electron chi connectivity index (χ2n) is 9.71. The molecule has 0 aromatic heterocycles. The van der Waals surface area contributed by atoms with Crippen molar-refractivity contribution < 1.29 is 15.0 Å². The Bertz CT molecular complexity index is 592. The van der Waals surface area contributed by atoms with Gasteiger partial charge >= 0.3 is 0 Å². The van der Waals surface area contributed by atoms with Gasteiger partial charge in [0.05, 0.1) is 0 Å². The topological polar surface area (TPSA) is 57.5 Å². The average Bonchev–Trinajstić information content (AvgIpc) is 2.85. The zero-order valence-corrected chi connectivity index (χ0v) is 15.3. The summed E-state index contributed by atoms with van der Waals surface area (Å²) in [5, 5.41) is 20.2. The van der Waals surface area contributed by atoms with Gasteiger partial charge in [0, 0.05) is 12.8 Å². The van der Waals surface area contributed by atoms with Gasteiger partial charge < -0.3 is 10.2 Å². The molecule has 0 spiro atoms. The van der Waals surface area contributed by atoms with E-state index in [0.29, 0.717) is 36.5 Å². The molecule has 24 heavy (non-hydrogen) atoms. The number of ketones is 1. The van der Waals surface area contributed by atoms with E-state index in [1.807, 2.05) is 0 Å². The van der Waals surface area contributed by atoms with Gasteiger partial charge in [0.2, 0.25) is 0 Å². The van der Waals surface area contributed by atoms with Crippen molar-refractivity contribution in [1.82, 2.24) is 0 Å². The SMILES string of the molecule is CC(=O)C1=CC[C@H]2[C@@H]3CC[C@@H]4CC(O)(O)CC[C@]4(C)[C@H]3CC[C@]12C. The predicted molar refractivity (Wildman–Crippen MR) is 93.0 cm³/mol. The van der Waals surface area contributed by atoms with Crippen molar-refractivity contribution in [2.45, 2.75) is 77.9 Å². The Balaban J connectivity index is 1.62. The van der Waals surface area contributed by atoms with Crippen LogP contribution in [0.1, 0.15) is 72.1 Å². The van der Waals surface area contributed by atoms with Crippen molar-refractivity contribution in [2.75, 3.05) is 0 Å². The van der Waals surface area contributed by atoms with E-state index < -0.39 is 5.79 Å². The summed E-state index contributed by atoms with van der Waals surface area (Å²) in [6.07, 6.45) is 9.92. The van der Waals surface area contributed by atoms with Gasteiger partial charge in [-0.1, -0.05) is 19.9 Å². The number of carbonyl (C=O) groups is 1. The third-order valence-electron chi connectivity index (χ3n) is 8.66. The minimum Gasteiger partial charge on any atom is -0.366 e. The molecular weight excluding hydrogens is 300 g/mol. The Kier molecular flexibility index (Phi) is 3.61. The summed E-state index contributed by atoms with van der Waals surface area (Å²) in [5.41, 5.74) is 1.42. The van der Waals surface area contributed by atoms with Gasteiger partial charge in [0.15, 0.2) is 11.6 Å². The molecule has 134 valence electrons. The van der Waals surface area contributed by atoms with E-state index in [4.69, 9.17) is 0 Å². The molecule has 0 amide bonds. The average molecular weight is 332 g/mol. The van der Waals surface area contributed by atoms with E-state index in [2.05, 4.69) is 19.9 Å². The molecule has 4 rings (SSSR count). The highest BCUT2D eigenvalue weighted by Crippen LogP contribution is 2.66. The van der Waals surface area contributed by atoms with Crippen LogP contribution in [-0.4, -0.2) is 21.8 Å². The summed E-state index contributed by atoms with van der Waals surface area (Å²) in [4.78, 5) is 12.1. The standard InChI is InChI=1S/C21H32O3/c1-13(22)16-6-7-17-15-5-4-14-12-21(23,24)11-10-19(14,2)18(15)8-9-20(16,17)3/h6,14-15,17-18,23-24H,4-5,7-12H2,1-3H3/t14-,15+,17+,18+,19+,20-/m1/s1. The highest BCUT2D eigenvalue weighted by Gasteiger charge is 2.60. The molecule has 0 bridgehead atoms. The molecule has 4 aliphatic carbocycles. The highest BCUT2D eigenvalue weighted by molar-refractivity contribution is 5.95. The van der Waals surface area contributed by atoms with Crippen molar-refractivity contribution in [3.05, 3.63) is 11.6 Å². The molecule has 0 saturated heterocycles. The number of aliphatic hydroxyl groups is 2. The van der Waals surface area contributed by atoms with Crippen LogP contribution in [0, 0.1) is 34.5 Å². The fraction of sp³-hybridized carbons (Fsp3) is 0.857. The zero-order chi connectivity index (χ0) is 17.3. The van der Waals surface area contributed by atoms with Crippen LogP contribution < -0.4 is 0 Å². The van der Waals surface area contributed by atoms with Crippen molar-refractivity contribution in [2.24, 2.45) is 34.5 Å². The molecule has 0 unspecified atom stereocenters. The molecular formula is C21H32O3. The first-order chi connectivity index (χ1) is 11.2. The lowest BCUT2D eigenvalue weighted by atomic mass is 9.44. The maximum absolute atomic E-state index is 12.1. The van der Waals surface area contributed by atoms with Crippen LogP contribution in [0.25, 0.3) is 0 Å². The Morgan fingerprint density at radius 3 is 2.54 bits per heavy atom. The van der Waals surface area contributed by atoms with Crippen LogP contribution in [0.3, 0.4) is 0 Å². The number of carbonyl (C=O) groups excluding carboxylic acids is 1. The van der Waals surface area contributed by atoms with Gasteiger partial charge in [-0.05, 0) is 85.5 Å². The number of hydrogen-bond acceptors (Lipinski definition) is 3. The first-order valence-corrected chi connectivity index (χ1v) is 9.84. The molecule has 0 aromatic rings. The molecule has 3 heteroatoms. The summed E-state index contributed by atoms with van der Waals surface area (Å²) in [6, 6.07) is 0. The molecule has 3 fully saturated rings. The van der Waals surface area contributed by atoms with Crippen LogP contribution >= 0.6 is 0 Å². The van der Waals surface area contributed by atoms with Crippen molar-refractivity contribution in [3.8, 4) is 0 Å². The third-order valence-corrected chi connectivity index (χ3v) is 8.66. The Morgan fingerprint density at radius 2 is 1.83 bits per heavy atom. The molecule has 0 aliphatic heterocycles. The molecule has 3 nitrogen and oxygen atoms in total. The van der Waals surface area contributed by atoms with Gasteiger partial charge in [-0.25, -0.2) is 0 Å². The van der Waals surface area contributed by atoms with Crippen molar-refractivity contribution in [3.63, 3.8) is 0 Å². The lowest BCUT2D eigenvalue weighted by molar-refractivity contribution is -0.232. The summed E-state index contributed by atoms with van der Waals surface area (Å²) < 4.78 is 0. The van der Waals surface area contributed by atoms with Crippen molar-refractivity contribution in [1.29, 1.82) is 0 Å². The quantitative estimate of drug-likeness (QED) is 0.717. The molecule has 0 heterocycles. The number of Topliss-reactive ketones (excluding diaryl/α,β-unsaturated/α-hetero) is 1. The third kappa shape index (κ3) is 2.20. The predicted octanol–water partition coefficient (Wildman–Crippen LogP) is 3.84. The minimum absolute atomic E-state index is 0.0859. The maximum Gasteiger partial charge on any atom is 0.162 e. The van der Waals surface area contributed by atoms with E-state index in [-0.39, 0.29) is 16.6 Å². The largest absolute Gasteiger partial charge is 0.366 e. The lowest BCUT2D eigenvalue weighted by Gasteiger charge is -2.61. The van der Waals surface area contributed by atoms with E-state index in [0.717, 1.165) is 31.3 Å². The highest BCUT2D eigenvalue weighted by atomic mass is 16.5. The first-order valence-electron chi connectivity index (χ1n) is 9.84. The summed E-state index contributed by atoms with van der Waals surface area (Å²) >= 11 is 0. The second-order valence-corrected chi connectivity index (χ2v) is 9.71. The van der Waals surface area contributed by atoms with Crippen LogP contribution in [0.15, 0.2) is 11.6 Å². The molecule has 6 atom stereocenters. The maximum atomic E-state index is 12.1. The number of fused-ring (bicyclic) bond motifs is 5. The monoisotopic (exact) mass is 332 g/mol. The smallest absolute Gasteiger partial charge is 0.162 e. The fourth-order valence-electron chi connectivity index (χ4n) is 7.34. The Labute approximate surface area is 145 Å². The van der Waals surface area contributed by atoms with Gasteiger partial charge in [-0.2, -0.15) is 0 Å². The summed E-state index contributed by atoms with van der Waals surface area (Å²) in [7, 11) is 0. The lowest BCUT2D eigenvalue weighted by Crippen LogP contribution is -2.55. The Hall–Kier alpha value is -0.670. The number of allylic oxidation sites excluding steroid dienone is 2. The summed E-state index contributed by atoms with van der Waals surface area (Å²) in [6.45, 7) is 6.48. The van der Waals surface area contributed by atoms with Gasteiger partial charge in [-0.3, -0.25) is 4.79 Å².